The topological polar surface area (TPSA) is 59.1 Å². The van der Waals surface area contributed by atoms with Gasteiger partial charge in [0.15, 0.2) is 0 Å². The minimum absolute atomic E-state index is 0.0215. The number of carbonyl (C=O) groups excluding carboxylic acids is 2. The molecule has 1 aliphatic heterocycles. The highest BCUT2D eigenvalue weighted by atomic mass is 16.6. The van der Waals surface area contributed by atoms with E-state index in [1.165, 1.54) is 0 Å². The lowest BCUT2D eigenvalue weighted by Gasteiger charge is -2.43. The molecule has 6 nitrogen and oxygen atoms in total. The first-order valence-electron chi connectivity index (χ1n) is 9.20. The highest BCUT2D eigenvalue weighted by molar-refractivity contribution is 5.73. The van der Waals surface area contributed by atoms with Crippen LogP contribution in [0.25, 0.3) is 0 Å². The molecule has 2 aliphatic rings. The summed E-state index contributed by atoms with van der Waals surface area (Å²) < 4.78 is 10.7. The summed E-state index contributed by atoms with van der Waals surface area (Å²) in [5, 5.41) is 0. The fourth-order valence-electron chi connectivity index (χ4n) is 3.64. The van der Waals surface area contributed by atoms with Gasteiger partial charge in [0, 0.05) is 32.2 Å². The van der Waals surface area contributed by atoms with Crippen molar-refractivity contribution in [3.63, 3.8) is 0 Å². The number of rotatable bonds is 3. The molecule has 0 aromatic carbocycles. The van der Waals surface area contributed by atoms with Crippen molar-refractivity contribution in [1.82, 2.24) is 9.80 Å². The Balaban J connectivity index is 1.90. The fourth-order valence-corrected chi connectivity index (χ4v) is 3.64. The van der Waals surface area contributed by atoms with Gasteiger partial charge in [-0.05, 0) is 40.5 Å². The van der Waals surface area contributed by atoms with E-state index in [1.54, 1.807) is 4.90 Å². The Kier molecular flexibility index (Phi) is 6.49. The second-order valence-corrected chi connectivity index (χ2v) is 7.71. The van der Waals surface area contributed by atoms with Crippen LogP contribution in [0.15, 0.2) is 0 Å². The third-order valence-corrected chi connectivity index (χ3v) is 4.75. The van der Waals surface area contributed by atoms with Gasteiger partial charge in [-0.15, -0.1) is 0 Å². The lowest BCUT2D eigenvalue weighted by atomic mass is 9.83. The van der Waals surface area contributed by atoms with E-state index in [-0.39, 0.29) is 24.0 Å². The van der Waals surface area contributed by atoms with Crippen molar-refractivity contribution in [1.29, 1.82) is 0 Å². The predicted molar refractivity (Wildman–Crippen MR) is 91.8 cm³/mol. The van der Waals surface area contributed by atoms with Crippen LogP contribution in [-0.4, -0.2) is 66.3 Å². The average Bonchev–Trinajstić information content (AvgIpc) is 2.53. The van der Waals surface area contributed by atoms with Gasteiger partial charge in [0.25, 0.3) is 0 Å². The second kappa shape index (κ2) is 8.19. The van der Waals surface area contributed by atoms with E-state index in [9.17, 15) is 9.59 Å². The normalized spacial score (nSPS) is 26.1. The second-order valence-electron chi connectivity index (χ2n) is 7.71. The van der Waals surface area contributed by atoms with Gasteiger partial charge in [-0.2, -0.15) is 0 Å². The maximum atomic E-state index is 12.2. The summed E-state index contributed by atoms with van der Waals surface area (Å²) >= 11 is 0. The minimum atomic E-state index is -0.466. The smallest absolute Gasteiger partial charge is 0.410 e. The maximum absolute atomic E-state index is 12.2. The summed E-state index contributed by atoms with van der Waals surface area (Å²) in [5.74, 6) is -0.0800. The van der Waals surface area contributed by atoms with Gasteiger partial charge in [0.1, 0.15) is 5.60 Å². The van der Waals surface area contributed by atoms with Crippen molar-refractivity contribution in [2.45, 2.75) is 65.0 Å². The predicted octanol–water partition coefficient (Wildman–Crippen LogP) is 2.66. The van der Waals surface area contributed by atoms with Crippen LogP contribution >= 0.6 is 0 Å². The summed E-state index contributed by atoms with van der Waals surface area (Å²) in [6.45, 7) is 10.8. The van der Waals surface area contributed by atoms with Gasteiger partial charge in [0.05, 0.1) is 12.5 Å². The molecule has 1 aliphatic carbocycles. The SMILES string of the molecule is CCOC(=O)C1CCCCC1N1CCN(C(=O)OC(C)(C)C)CC1. The quantitative estimate of drug-likeness (QED) is 0.739. The molecule has 1 saturated carbocycles. The lowest BCUT2D eigenvalue weighted by Crippen LogP contribution is -2.55. The molecule has 1 heterocycles. The zero-order chi connectivity index (χ0) is 17.7. The first kappa shape index (κ1) is 19.0. The average molecular weight is 340 g/mol. The van der Waals surface area contributed by atoms with E-state index in [2.05, 4.69) is 4.90 Å². The van der Waals surface area contributed by atoms with Crippen molar-refractivity contribution in [2.24, 2.45) is 5.92 Å². The Bertz CT molecular complexity index is 439. The van der Waals surface area contributed by atoms with Gasteiger partial charge < -0.3 is 14.4 Å². The van der Waals surface area contributed by atoms with E-state index < -0.39 is 5.60 Å². The molecule has 0 N–H and O–H groups in total. The molecule has 2 unspecified atom stereocenters. The Morgan fingerprint density at radius 2 is 1.67 bits per heavy atom. The first-order chi connectivity index (χ1) is 11.3. The Morgan fingerprint density at radius 3 is 2.25 bits per heavy atom. The molecular weight excluding hydrogens is 308 g/mol. The number of esters is 1. The highest BCUT2D eigenvalue weighted by Gasteiger charge is 2.37. The number of amides is 1. The van der Waals surface area contributed by atoms with Crippen LogP contribution < -0.4 is 0 Å². The fraction of sp³-hybridized carbons (Fsp3) is 0.889. The van der Waals surface area contributed by atoms with Gasteiger partial charge in [0.2, 0.25) is 0 Å². The Morgan fingerprint density at radius 1 is 1.04 bits per heavy atom. The Labute approximate surface area is 145 Å². The molecule has 0 spiro atoms. The number of hydrogen-bond donors (Lipinski definition) is 0. The van der Waals surface area contributed by atoms with Crippen LogP contribution in [0.4, 0.5) is 4.79 Å². The zero-order valence-electron chi connectivity index (χ0n) is 15.5. The molecule has 138 valence electrons. The van der Waals surface area contributed by atoms with Crippen LogP contribution in [0.2, 0.25) is 0 Å². The van der Waals surface area contributed by atoms with Crippen LogP contribution in [-0.2, 0) is 14.3 Å². The van der Waals surface area contributed by atoms with Crippen LogP contribution in [0, 0.1) is 5.92 Å². The van der Waals surface area contributed by atoms with Gasteiger partial charge in [-0.1, -0.05) is 12.8 Å². The monoisotopic (exact) mass is 340 g/mol. The number of nitrogens with zero attached hydrogens (tertiary/aromatic N) is 2. The zero-order valence-corrected chi connectivity index (χ0v) is 15.5. The number of carbonyl (C=O) groups is 2. The van der Waals surface area contributed by atoms with Crippen LogP contribution in [0.3, 0.4) is 0 Å². The number of ether oxygens (including phenoxy) is 2. The third kappa shape index (κ3) is 5.10. The van der Waals surface area contributed by atoms with Crippen molar-refractivity contribution in [3.05, 3.63) is 0 Å². The summed E-state index contributed by atoms with van der Waals surface area (Å²) in [6, 6.07) is 0.249. The molecule has 1 saturated heterocycles. The van der Waals surface area contributed by atoms with Crippen molar-refractivity contribution < 1.29 is 19.1 Å². The van der Waals surface area contributed by atoms with E-state index in [0.29, 0.717) is 19.7 Å². The molecule has 1 amide bonds. The highest BCUT2D eigenvalue weighted by Crippen LogP contribution is 2.30. The molecule has 0 aromatic rings. The van der Waals surface area contributed by atoms with E-state index >= 15 is 0 Å². The molecule has 6 heteroatoms. The number of hydrogen-bond acceptors (Lipinski definition) is 5. The van der Waals surface area contributed by atoms with Crippen molar-refractivity contribution in [2.75, 3.05) is 32.8 Å². The summed E-state index contributed by atoms with van der Waals surface area (Å²) in [5.41, 5.74) is -0.466. The molecule has 2 atom stereocenters. The lowest BCUT2D eigenvalue weighted by molar-refractivity contribution is -0.152. The molecule has 0 bridgehead atoms. The first-order valence-corrected chi connectivity index (χ1v) is 9.20. The Hall–Kier alpha value is -1.30. The molecule has 24 heavy (non-hydrogen) atoms. The summed E-state index contributed by atoms with van der Waals surface area (Å²) in [7, 11) is 0. The third-order valence-electron chi connectivity index (χ3n) is 4.75. The largest absolute Gasteiger partial charge is 0.466 e. The standard InChI is InChI=1S/C18H32N2O4/c1-5-23-16(21)14-8-6-7-9-15(14)19-10-12-20(13-11-19)17(22)24-18(2,3)4/h14-15H,5-13H2,1-4H3. The van der Waals surface area contributed by atoms with E-state index in [0.717, 1.165) is 38.8 Å². The molecule has 2 rings (SSSR count). The van der Waals surface area contributed by atoms with Crippen molar-refractivity contribution >= 4 is 12.1 Å². The van der Waals surface area contributed by atoms with Crippen LogP contribution in [0.5, 0.6) is 0 Å². The molecule has 0 radical (unpaired) electrons. The molecule has 2 fully saturated rings. The summed E-state index contributed by atoms with van der Waals surface area (Å²) in [4.78, 5) is 28.5. The van der Waals surface area contributed by atoms with Crippen molar-refractivity contribution in [3.8, 4) is 0 Å². The maximum Gasteiger partial charge on any atom is 0.410 e. The van der Waals surface area contributed by atoms with Gasteiger partial charge in [-0.3, -0.25) is 9.69 Å². The van der Waals surface area contributed by atoms with Gasteiger partial charge >= 0.3 is 12.1 Å². The van der Waals surface area contributed by atoms with E-state index in [4.69, 9.17) is 9.47 Å². The van der Waals surface area contributed by atoms with Crippen LogP contribution in [0.1, 0.15) is 53.4 Å². The molecule has 0 aromatic heterocycles. The van der Waals surface area contributed by atoms with Gasteiger partial charge in [-0.25, -0.2) is 4.79 Å². The molecular formula is C18H32N2O4. The number of piperazine rings is 1. The summed E-state index contributed by atoms with van der Waals surface area (Å²) in [6.07, 6.45) is 3.96. The van der Waals surface area contributed by atoms with E-state index in [1.807, 2.05) is 27.7 Å². The minimum Gasteiger partial charge on any atom is -0.466 e.